The molecule has 1 radical (unpaired) electrons. The van der Waals surface area contributed by atoms with Crippen molar-refractivity contribution in [2.75, 3.05) is 0 Å². The standard InChI is InChI=1S/2C6H10O7.Cu/c2*7-1-2(8)4(5(10)11)13-6(12)3(1)9;/h2*1-4,6-9,12H,(H,10,11);/q;;+2/p-2/t2*1-,2+,3+,4-,6-;/m00./s1. The van der Waals surface area contributed by atoms with Gasteiger partial charge in [0.1, 0.15) is 48.8 Å². The van der Waals surface area contributed by atoms with Gasteiger partial charge in [-0.1, -0.05) is 0 Å². The Bertz CT molecular complexity index is 460. The zero-order valence-corrected chi connectivity index (χ0v) is 14.0. The third-order valence-corrected chi connectivity index (χ3v) is 3.64. The summed E-state index contributed by atoms with van der Waals surface area (Å²) >= 11 is 0. The molecule has 161 valence electrons. The first kappa shape index (κ1) is 26.1. The quantitative estimate of drug-likeness (QED) is 0.182. The maximum atomic E-state index is 10.3. The van der Waals surface area contributed by atoms with Crippen LogP contribution in [0.1, 0.15) is 0 Å². The molecule has 2 aliphatic heterocycles. The van der Waals surface area contributed by atoms with Crippen molar-refractivity contribution in [3.63, 3.8) is 0 Å². The molecule has 2 aliphatic rings. The number of ether oxygens (including phenoxy) is 2. The number of carboxylic acid groups (broad SMARTS) is 2. The molecule has 15 heteroatoms. The first-order valence-electron chi connectivity index (χ1n) is 7.07. The van der Waals surface area contributed by atoms with E-state index in [1.54, 1.807) is 0 Å². The van der Waals surface area contributed by atoms with E-state index in [2.05, 4.69) is 9.47 Å². The van der Waals surface area contributed by atoms with Gasteiger partial charge in [-0.2, -0.15) is 0 Å². The number of carboxylic acids is 2. The predicted molar refractivity (Wildman–Crippen MR) is 67.8 cm³/mol. The molecule has 0 spiro atoms. The summed E-state index contributed by atoms with van der Waals surface area (Å²) in [5, 5.41) is 92.1. The fourth-order valence-electron chi connectivity index (χ4n) is 2.11. The van der Waals surface area contributed by atoms with Crippen LogP contribution < -0.4 is 10.2 Å². The Kier molecular flexibility index (Phi) is 10.2. The largest absolute Gasteiger partial charge is 2.00 e. The molecule has 2 saturated heterocycles. The minimum absolute atomic E-state index is 0. The van der Waals surface area contributed by atoms with Crippen LogP contribution >= 0.6 is 0 Å². The summed E-state index contributed by atoms with van der Waals surface area (Å²) in [5.41, 5.74) is 0. The van der Waals surface area contributed by atoms with E-state index in [4.69, 9.17) is 40.9 Å². The fraction of sp³-hybridized carbons (Fsp3) is 0.833. The van der Waals surface area contributed by atoms with Gasteiger partial charge in [0.2, 0.25) is 0 Å². The molecule has 0 aromatic carbocycles. The Labute approximate surface area is 161 Å². The molecule has 2 rings (SSSR count). The molecule has 27 heavy (non-hydrogen) atoms. The molecule has 0 aromatic heterocycles. The van der Waals surface area contributed by atoms with E-state index >= 15 is 0 Å². The number of rotatable bonds is 2. The van der Waals surface area contributed by atoms with Crippen LogP contribution in [-0.2, 0) is 36.1 Å². The van der Waals surface area contributed by atoms with Crippen molar-refractivity contribution in [2.24, 2.45) is 0 Å². The maximum Gasteiger partial charge on any atom is 2.00 e. The monoisotopic (exact) mass is 449 g/mol. The molecule has 0 amide bonds. The first-order valence-corrected chi connectivity index (χ1v) is 7.07. The third-order valence-electron chi connectivity index (χ3n) is 3.64. The molecule has 0 saturated carbocycles. The molecule has 10 atom stereocenters. The molecule has 0 unspecified atom stereocenters. The van der Waals surface area contributed by atoms with Crippen molar-refractivity contribution in [1.82, 2.24) is 0 Å². The van der Waals surface area contributed by atoms with Crippen molar-refractivity contribution in [1.29, 1.82) is 0 Å². The topological polar surface area (TPSA) is 261 Å². The average molecular weight is 450 g/mol. The molecule has 2 heterocycles. The summed E-state index contributed by atoms with van der Waals surface area (Å²) in [4.78, 5) is 20.5. The van der Waals surface area contributed by atoms with Crippen LogP contribution in [0.25, 0.3) is 0 Å². The van der Waals surface area contributed by atoms with Crippen molar-refractivity contribution in [3.05, 3.63) is 0 Å². The van der Waals surface area contributed by atoms with Gasteiger partial charge in [-0.05, 0) is 0 Å². The molecule has 2 fully saturated rings. The Morgan fingerprint density at radius 2 is 0.815 bits per heavy atom. The predicted octanol–water partition coefficient (Wildman–Crippen LogP) is -8.93. The van der Waals surface area contributed by atoms with Crippen LogP contribution in [0.5, 0.6) is 0 Å². The molecule has 8 N–H and O–H groups in total. The van der Waals surface area contributed by atoms with E-state index in [-0.39, 0.29) is 17.1 Å². The first-order chi connectivity index (χ1) is 11.9. The van der Waals surface area contributed by atoms with E-state index in [0.717, 1.165) is 0 Å². The zero-order chi connectivity index (χ0) is 20.3. The van der Waals surface area contributed by atoms with Crippen LogP contribution in [0.2, 0.25) is 0 Å². The Morgan fingerprint density at radius 3 is 1.04 bits per heavy atom. The van der Waals surface area contributed by atoms with Crippen molar-refractivity contribution >= 4 is 11.9 Å². The van der Waals surface area contributed by atoms with Crippen molar-refractivity contribution < 1.29 is 87.2 Å². The van der Waals surface area contributed by atoms with Gasteiger partial charge in [0.25, 0.3) is 0 Å². The van der Waals surface area contributed by atoms with Crippen LogP contribution in [0, 0.1) is 0 Å². The van der Waals surface area contributed by atoms with Crippen LogP contribution in [0.15, 0.2) is 0 Å². The fourth-order valence-corrected chi connectivity index (χ4v) is 2.11. The Hall–Kier alpha value is -0.941. The number of aliphatic hydroxyl groups is 8. The van der Waals surface area contributed by atoms with Gasteiger partial charge >= 0.3 is 17.1 Å². The van der Waals surface area contributed by atoms with Gasteiger partial charge in [0.15, 0.2) is 12.6 Å². The Morgan fingerprint density at radius 1 is 0.556 bits per heavy atom. The average Bonchev–Trinajstić information content (AvgIpc) is 2.57. The van der Waals surface area contributed by atoms with E-state index < -0.39 is 73.4 Å². The summed E-state index contributed by atoms with van der Waals surface area (Å²) < 4.78 is 8.55. The molecular weight excluding hydrogens is 432 g/mol. The summed E-state index contributed by atoms with van der Waals surface area (Å²) in [6, 6.07) is 0. The molecule has 0 bridgehead atoms. The van der Waals surface area contributed by atoms with Crippen LogP contribution in [0.4, 0.5) is 0 Å². The summed E-state index contributed by atoms with van der Waals surface area (Å²) in [7, 11) is 0. The van der Waals surface area contributed by atoms with E-state index in [0.29, 0.717) is 0 Å². The van der Waals surface area contributed by atoms with Crippen LogP contribution in [-0.4, -0.2) is 114 Å². The molecule has 0 aliphatic carbocycles. The van der Waals surface area contributed by atoms with Crippen molar-refractivity contribution in [2.45, 2.75) is 61.4 Å². The number of hydrogen-bond acceptors (Lipinski definition) is 14. The van der Waals surface area contributed by atoms with E-state index in [1.165, 1.54) is 0 Å². The van der Waals surface area contributed by atoms with Gasteiger partial charge < -0.3 is 70.1 Å². The van der Waals surface area contributed by atoms with E-state index in [9.17, 15) is 19.8 Å². The second kappa shape index (κ2) is 10.6. The second-order valence-electron chi connectivity index (χ2n) is 5.48. The number of carbonyl (C=O) groups is 2. The van der Waals surface area contributed by atoms with Gasteiger partial charge in [-0.25, -0.2) is 0 Å². The van der Waals surface area contributed by atoms with Gasteiger partial charge in [-0.15, -0.1) is 0 Å². The summed E-state index contributed by atoms with van der Waals surface area (Å²) in [5.74, 6) is -3.53. The maximum absolute atomic E-state index is 10.3. The SMILES string of the molecule is O=C([O-])[C@H]1O[C@H](O)[C@H](O)[C@@H](O)[C@H]1O.O=C([O-])[C@H]1O[C@H](O)[C@H](O)[C@@H](O)[C@H]1O.[Cu+2]. The van der Waals surface area contributed by atoms with Gasteiger partial charge in [-0.3, -0.25) is 0 Å². The minimum Gasteiger partial charge on any atom is -0.547 e. The number of carbonyl (C=O) groups excluding carboxylic acids is 2. The normalized spacial score (nSPS) is 44.3. The van der Waals surface area contributed by atoms with E-state index in [1.807, 2.05) is 0 Å². The summed E-state index contributed by atoms with van der Waals surface area (Å²) in [6.45, 7) is 0. The Balaban J connectivity index is 0.000000483. The van der Waals surface area contributed by atoms with Crippen molar-refractivity contribution in [3.8, 4) is 0 Å². The zero-order valence-electron chi connectivity index (χ0n) is 13.1. The number of aliphatic hydroxyl groups excluding tert-OH is 8. The van der Waals surface area contributed by atoms with Gasteiger partial charge in [0, 0.05) is 0 Å². The van der Waals surface area contributed by atoms with Crippen LogP contribution in [0.3, 0.4) is 0 Å². The minimum atomic E-state index is -1.85. The molecule has 0 aromatic rings. The molecular formula is C12H18CuO14. The number of hydrogen-bond donors (Lipinski definition) is 8. The third kappa shape index (κ3) is 6.02. The summed E-state index contributed by atoms with van der Waals surface area (Å²) in [6.07, 6.45) is -18.0. The smallest absolute Gasteiger partial charge is 0.547 e. The molecule has 14 nitrogen and oxygen atoms in total. The second-order valence-corrected chi connectivity index (χ2v) is 5.48. The number of aliphatic carboxylic acids is 2. The van der Waals surface area contributed by atoms with Gasteiger partial charge in [0.05, 0.1) is 11.9 Å².